The van der Waals surface area contributed by atoms with Gasteiger partial charge in [-0.3, -0.25) is 5.43 Å². The zero-order chi connectivity index (χ0) is 21.5. The molecule has 0 amide bonds. The van der Waals surface area contributed by atoms with Gasteiger partial charge in [0.15, 0.2) is 0 Å². The predicted octanol–water partition coefficient (Wildman–Crippen LogP) is 4.84. The molecule has 7 heteroatoms. The van der Waals surface area contributed by atoms with E-state index in [1.54, 1.807) is 0 Å². The third-order valence-electron chi connectivity index (χ3n) is 4.47. The lowest BCUT2D eigenvalue weighted by Crippen LogP contribution is -2.22. The number of hydrogen-bond acceptors (Lipinski definition) is 4. The summed E-state index contributed by atoms with van der Waals surface area (Å²) < 4.78 is 0. The second kappa shape index (κ2) is 9.71. The quantitative estimate of drug-likeness (QED) is 0.303. The molecule has 3 aromatic rings. The summed E-state index contributed by atoms with van der Waals surface area (Å²) in [6.45, 7) is 3.81. The number of nitrogens with zero attached hydrogens (tertiary/aromatic N) is 3. The first-order chi connectivity index (χ1) is 14.4. The molecule has 0 saturated carbocycles. The average molecular weight is 419 g/mol. The molecule has 0 atom stereocenters. The van der Waals surface area contributed by atoms with Gasteiger partial charge in [-0.1, -0.05) is 72.3 Å². The Bertz CT molecular complexity index is 1100. The first kappa shape index (κ1) is 21.1. The Hall–Kier alpha value is -3.64. The SMILES string of the molecule is C/C(=N\N=C(N)N)c1ccc(-c2ccc(/C(C)=N/Nc3ccccc3Cl)cc2)cc1. The number of nitrogens with one attached hydrogen (secondary N) is 1. The van der Waals surface area contributed by atoms with E-state index in [9.17, 15) is 0 Å². The standard InChI is InChI=1S/C23H23ClN6/c1-15(27-29-22-6-4-3-5-21(22)24)17-7-11-19(12-8-17)20-13-9-18(10-14-20)16(2)28-30-23(25)26/h3-14,29H,1-2H3,(H4,25,26,30)/b27-15+,28-16+. The van der Waals surface area contributed by atoms with Gasteiger partial charge in [0, 0.05) is 0 Å². The molecule has 30 heavy (non-hydrogen) atoms. The van der Waals surface area contributed by atoms with Gasteiger partial charge in [0.25, 0.3) is 0 Å². The van der Waals surface area contributed by atoms with Crippen molar-refractivity contribution in [3.63, 3.8) is 0 Å². The fraction of sp³-hybridized carbons (Fsp3) is 0.0870. The number of hydrogen-bond donors (Lipinski definition) is 3. The summed E-state index contributed by atoms with van der Waals surface area (Å²) in [5.74, 6) is -0.0630. The Kier molecular flexibility index (Phi) is 6.83. The number of guanidine groups is 1. The van der Waals surface area contributed by atoms with E-state index >= 15 is 0 Å². The van der Waals surface area contributed by atoms with Crippen molar-refractivity contribution in [3.05, 3.63) is 88.9 Å². The van der Waals surface area contributed by atoms with Crippen LogP contribution in [0.4, 0.5) is 5.69 Å². The second-order valence-corrected chi connectivity index (χ2v) is 7.06. The topological polar surface area (TPSA) is 101 Å². The minimum absolute atomic E-state index is 0.0630. The molecule has 0 spiro atoms. The molecule has 0 fully saturated rings. The van der Waals surface area contributed by atoms with E-state index in [0.29, 0.717) is 5.02 Å². The number of halogens is 1. The van der Waals surface area contributed by atoms with Crippen LogP contribution in [0.5, 0.6) is 0 Å². The van der Waals surface area contributed by atoms with E-state index in [-0.39, 0.29) is 5.96 Å². The lowest BCUT2D eigenvalue weighted by Gasteiger charge is -2.07. The number of benzene rings is 3. The van der Waals surface area contributed by atoms with Crippen LogP contribution in [0.2, 0.25) is 5.02 Å². The molecule has 0 aliphatic carbocycles. The Labute approximate surface area is 181 Å². The maximum Gasteiger partial charge on any atom is 0.211 e. The summed E-state index contributed by atoms with van der Waals surface area (Å²) in [6.07, 6.45) is 0. The molecule has 6 nitrogen and oxygen atoms in total. The van der Waals surface area contributed by atoms with E-state index in [2.05, 4.69) is 32.9 Å². The molecule has 0 aliphatic rings. The summed E-state index contributed by atoms with van der Waals surface area (Å²) in [4.78, 5) is 0. The van der Waals surface area contributed by atoms with Crippen LogP contribution in [0.3, 0.4) is 0 Å². The smallest absolute Gasteiger partial charge is 0.211 e. The van der Waals surface area contributed by atoms with Crippen molar-refractivity contribution in [1.29, 1.82) is 0 Å². The molecular formula is C23H23ClN6. The fourth-order valence-corrected chi connectivity index (χ4v) is 2.94. The maximum atomic E-state index is 6.15. The first-order valence-corrected chi connectivity index (χ1v) is 9.71. The molecule has 0 aliphatic heterocycles. The molecule has 0 heterocycles. The Balaban J connectivity index is 1.72. The average Bonchev–Trinajstić information content (AvgIpc) is 2.77. The first-order valence-electron chi connectivity index (χ1n) is 9.33. The number of para-hydroxylation sites is 1. The molecule has 3 aromatic carbocycles. The Morgan fingerprint density at radius 2 is 1.27 bits per heavy atom. The van der Waals surface area contributed by atoms with Crippen LogP contribution >= 0.6 is 11.6 Å². The molecule has 0 bridgehead atoms. The summed E-state index contributed by atoms with van der Waals surface area (Å²) in [5.41, 5.74) is 20.2. The van der Waals surface area contributed by atoms with Crippen molar-refractivity contribution < 1.29 is 0 Å². The summed E-state index contributed by atoms with van der Waals surface area (Å²) in [6, 6.07) is 23.8. The second-order valence-electron chi connectivity index (χ2n) is 6.65. The van der Waals surface area contributed by atoms with Crippen molar-refractivity contribution in [3.8, 4) is 11.1 Å². The molecule has 152 valence electrons. The third kappa shape index (κ3) is 5.46. The predicted molar refractivity (Wildman–Crippen MR) is 127 cm³/mol. The monoisotopic (exact) mass is 418 g/mol. The van der Waals surface area contributed by atoms with Crippen LogP contribution in [-0.4, -0.2) is 17.4 Å². The van der Waals surface area contributed by atoms with E-state index < -0.39 is 0 Å². The van der Waals surface area contributed by atoms with Crippen molar-refractivity contribution in [2.75, 3.05) is 5.43 Å². The van der Waals surface area contributed by atoms with Crippen molar-refractivity contribution >= 4 is 34.7 Å². The van der Waals surface area contributed by atoms with Crippen molar-refractivity contribution in [2.24, 2.45) is 26.8 Å². The molecule has 0 aromatic heterocycles. The lowest BCUT2D eigenvalue weighted by atomic mass is 10.0. The van der Waals surface area contributed by atoms with Gasteiger partial charge >= 0.3 is 0 Å². The van der Waals surface area contributed by atoms with Gasteiger partial charge in [-0.05, 0) is 48.2 Å². The van der Waals surface area contributed by atoms with Crippen LogP contribution in [-0.2, 0) is 0 Å². The largest absolute Gasteiger partial charge is 0.369 e. The molecule has 0 saturated heterocycles. The molecule has 0 unspecified atom stereocenters. The van der Waals surface area contributed by atoms with Crippen molar-refractivity contribution in [2.45, 2.75) is 13.8 Å². The zero-order valence-electron chi connectivity index (χ0n) is 16.8. The van der Waals surface area contributed by atoms with E-state index in [1.165, 1.54) is 0 Å². The Morgan fingerprint density at radius 3 is 1.80 bits per heavy atom. The van der Waals surface area contributed by atoms with E-state index in [0.717, 1.165) is 39.4 Å². The molecule has 5 N–H and O–H groups in total. The number of anilines is 1. The van der Waals surface area contributed by atoms with Crippen molar-refractivity contribution in [1.82, 2.24) is 0 Å². The molecule has 0 radical (unpaired) electrons. The Morgan fingerprint density at radius 1 is 0.733 bits per heavy atom. The molecular weight excluding hydrogens is 396 g/mol. The van der Waals surface area contributed by atoms with E-state index in [1.807, 2.05) is 74.5 Å². The lowest BCUT2D eigenvalue weighted by molar-refractivity contribution is 1.20. The highest BCUT2D eigenvalue weighted by molar-refractivity contribution is 6.33. The third-order valence-corrected chi connectivity index (χ3v) is 4.80. The zero-order valence-corrected chi connectivity index (χ0v) is 17.6. The summed E-state index contributed by atoms with van der Waals surface area (Å²) in [5, 5.41) is 12.7. The van der Waals surface area contributed by atoms with Gasteiger partial charge in [-0.15, -0.1) is 5.10 Å². The van der Waals surface area contributed by atoms with Gasteiger partial charge in [-0.2, -0.15) is 10.2 Å². The van der Waals surface area contributed by atoms with Gasteiger partial charge in [0.2, 0.25) is 5.96 Å². The number of rotatable bonds is 6. The van der Waals surface area contributed by atoms with Gasteiger partial charge in [-0.25, -0.2) is 0 Å². The van der Waals surface area contributed by atoms with Crippen LogP contribution in [0.25, 0.3) is 11.1 Å². The van der Waals surface area contributed by atoms with Gasteiger partial charge in [0.1, 0.15) is 0 Å². The summed E-state index contributed by atoms with van der Waals surface area (Å²) in [7, 11) is 0. The highest BCUT2D eigenvalue weighted by atomic mass is 35.5. The highest BCUT2D eigenvalue weighted by Crippen LogP contribution is 2.22. The molecule has 3 rings (SSSR count). The van der Waals surface area contributed by atoms with Crippen LogP contribution in [0.15, 0.2) is 88.1 Å². The van der Waals surface area contributed by atoms with Gasteiger partial charge in [0.05, 0.1) is 22.1 Å². The fourth-order valence-electron chi connectivity index (χ4n) is 2.76. The normalized spacial score (nSPS) is 11.8. The maximum absolute atomic E-state index is 6.15. The highest BCUT2D eigenvalue weighted by Gasteiger charge is 2.03. The number of hydrazone groups is 1. The summed E-state index contributed by atoms with van der Waals surface area (Å²) >= 11 is 6.15. The van der Waals surface area contributed by atoms with Gasteiger partial charge < -0.3 is 11.5 Å². The van der Waals surface area contributed by atoms with Crippen LogP contribution in [0, 0.1) is 0 Å². The van der Waals surface area contributed by atoms with Crippen LogP contribution < -0.4 is 16.9 Å². The van der Waals surface area contributed by atoms with E-state index in [4.69, 9.17) is 23.1 Å². The number of nitrogens with two attached hydrogens (primary N) is 2. The minimum atomic E-state index is -0.0630. The van der Waals surface area contributed by atoms with Crippen LogP contribution in [0.1, 0.15) is 25.0 Å². The minimum Gasteiger partial charge on any atom is -0.369 e.